The van der Waals surface area contributed by atoms with Crippen molar-refractivity contribution in [3.8, 4) is 0 Å². The molecule has 2 aromatic rings. The summed E-state index contributed by atoms with van der Waals surface area (Å²) in [6, 6.07) is 18.7. The van der Waals surface area contributed by atoms with Crippen molar-refractivity contribution in [3.63, 3.8) is 0 Å². The SMILES string of the molecule is O=[S@](c1ccccc1)[C@@H](CO)c1ccccc1. The molecule has 0 radical (unpaired) electrons. The maximum atomic E-state index is 12.3. The highest BCUT2D eigenvalue weighted by Crippen LogP contribution is 2.24. The van der Waals surface area contributed by atoms with Crippen molar-refractivity contribution in [2.45, 2.75) is 10.1 Å². The van der Waals surface area contributed by atoms with E-state index in [1.165, 1.54) is 0 Å². The van der Waals surface area contributed by atoms with Gasteiger partial charge in [-0.1, -0.05) is 48.5 Å². The summed E-state index contributed by atoms with van der Waals surface area (Å²) in [5.41, 5.74) is 0.900. The molecule has 0 amide bonds. The summed E-state index contributed by atoms with van der Waals surface area (Å²) in [5, 5.41) is 9.06. The van der Waals surface area contributed by atoms with Gasteiger partial charge in [-0.3, -0.25) is 4.21 Å². The molecule has 2 atom stereocenters. The number of rotatable bonds is 4. The van der Waals surface area contributed by atoms with Gasteiger partial charge >= 0.3 is 0 Å². The Labute approximate surface area is 103 Å². The second-order valence-corrected chi connectivity index (χ2v) is 5.33. The van der Waals surface area contributed by atoms with E-state index >= 15 is 0 Å². The van der Waals surface area contributed by atoms with Crippen LogP contribution in [0.4, 0.5) is 0 Å². The van der Waals surface area contributed by atoms with Crippen LogP contribution in [0.5, 0.6) is 0 Å². The molecule has 2 rings (SSSR count). The molecule has 0 saturated heterocycles. The second-order valence-electron chi connectivity index (χ2n) is 3.69. The molecule has 88 valence electrons. The fraction of sp³-hybridized carbons (Fsp3) is 0.143. The second kappa shape index (κ2) is 5.75. The number of benzene rings is 2. The van der Waals surface area contributed by atoms with E-state index in [2.05, 4.69) is 0 Å². The van der Waals surface area contributed by atoms with Gasteiger partial charge in [0.15, 0.2) is 0 Å². The van der Waals surface area contributed by atoms with Crippen molar-refractivity contribution in [1.82, 2.24) is 0 Å². The van der Waals surface area contributed by atoms with Crippen LogP contribution in [0, 0.1) is 0 Å². The first kappa shape index (κ1) is 12.0. The number of aliphatic hydroxyl groups excluding tert-OH is 1. The molecule has 0 aliphatic carbocycles. The van der Waals surface area contributed by atoms with Crippen molar-refractivity contribution >= 4 is 10.8 Å². The molecule has 0 aromatic heterocycles. The maximum Gasteiger partial charge on any atom is 0.0874 e. The summed E-state index contributed by atoms with van der Waals surface area (Å²) in [7, 11) is -1.22. The first-order valence-electron chi connectivity index (χ1n) is 5.44. The molecule has 2 nitrogen and oxygen atoms in total. The molecule has 0 fully saturated rings. The average Bonchev–Trinajstić information content (AvgIpc) is 2.42. The summed E-state index contributed by atoms with van der Waals surface area (Å²) in [4.78, 5) is 0.746. The molecule has 0 heterocycles. The predicted molar refractivity (Wildman–Crippen MR) is 69.1 cm³/mol. The van der Waals surface area contributed by atoms with Gasteiger partial charge in [-0.05, 0) is 17.7 Å². The number of hydrogen-bond donors (Lipinski definition) is 1. The van der Waals surface area contributed by atoms with Crippen LogP contribution >= 0.6 is 0 Å². The molecule has 1 N–H and O–H groups in total. The van der Waals surface area contributed by atoms with E-state index in [1.54, 1.807) is 0 Å². The van der Waals surface area contributed by atoms with Crippen molar-refractivity contribution < 1.29 is 9.32 Å². The molecule has 0 aliphatic rings. The number of aliphatic hydroxyl groups is 1. The Morgan fingerprint density at radius 2 is 1.47 bits per heavy atom. The standard InChI is InChI=1S/C14H14O2S/c15-11-14(12-7-3-1-4-8-12)17(16)13-9-5-2-6-10-13/h1-10,14-15H,11H2/t14-,17+/m0/s1. The van der Waals surface area contributed by atoms with Gasteiger partial charge in [-0.15, -0.1) is 0 Å². The highest BCUT2D eigenvalue weighted by Gasteiger charge is 2.19. The van der Waals surface area contributed by atoms with E-state index in [-0.39, 0.29) is 11.9 Å². The van der Waals surface area contributed by atoms with Crippen molar-refractivity contribution in [3.05, 3.63) is 66.2 Å². The van der Waals surface area contributed by atoms with Gasteiger partial charge in [0.2, 0.25) is 0 Å². The first-order valence-corrected chi connectivity index (χ1v) is 6.65. The molecular weight excluding hydrogens is 232 g/mol. The highest BCUT2D eigenvalue weighted by molar-refractivity contribution is 7.85. The summed E-state index contributed by atoms with van der Waals surface area (Å²) < 4.78 is 12.3. The van der Waals surface area contributed by atoms with Gasteiger partial charge in [-0.2, -0.15) is 0 Å². The van der Waals surface area contributed by atoms with E-state index in [0.29, 0.717) is 0 Å². The smallest absolute Gasteiger partial charge is 0.0874 e. The zero-order valence-electron chi connectivity index (χ0n) is 9.32. The van der Waals surface area contributed by atoms with Gasteiger partial charge in [0.1, 0.15) is 0 Å². The molecule has 0 bridgehead atoms. The fourth-order valence-corrected chi connectivity index (χ4v) is 2.98. The normalized spacial score (nSPS) is 14.2. The van der Waals surface area contributed by atoms with Crippen molar-refractivity contribution in [2.75, 3.05) is 6.61 Å². The van der Waals surface area contributed by atoms with Crippen LogP contribution in [0.1, 0.15) is 10.8 Å². The van der Waals surface area contributed by atoms with E-state index in [1.807, 2.05) is 60.7 Å². The molecule has 3 heteroatoms. The van der Waals surface area contributed by atoms with Crippen LogP contribution < -0.4 is 0 Å². The third-order valence-electron chi connectivity index (χ3n) is 2.57. The van der Waals surface area contributed by atoms with Gasteiger partial charge < -0.3 is 5.11 Å². The summed E-state index contributed by atoms with van der Waals surface area (Å²) in [5.74, 6) is 0. The lowest BCUT2D eigenvalue weighted by molar-refractivity contribution is 0.294. The first-order chi connectivity index (χ1) is 8.33. The van der Waals surface area contributed by atoms with Gasteiger partial charge in [-0.25, -0.2) is 0 Å². The Morgan fingerprint density at radius 3 is 2.00 bits per heavy atom. The zero-order chi connectivity index (χ0) is 12.1. The quantitative estimate of drug-likeness (QED) is 0.900. The molecule has 2 aromatic carbocycles. The largest absolute Gasteiger partial charge is 0.395 e. The van der Waals surface area contributed by atoms with Gasteiger partial charge in [0.05, 0.1) is 22.7 Å². The average molecular weight is 246 g/mol. The summed E-state index contributed by atoms with van der Waals surface area (Å²) >= 11 is 0. The summed E-state index contributed by atoms with van der Waals surface area (Å²) in [6.07, 6.45) is 0. The van der Waals surface area contributed by atoms with E-state index in [9.17, 15) is 9.32 Å². The maximum absolute atomic E-state index is 12.3. The van der Waals surface area contributed by atoms with Crippen molar-refractivity contribution in [2.24, 2.45) is 0 Å². The van der Waals surface area contributed by atoms with E-state index in [4.69, 9.17) is 0 Å². The van der Waals surface area contributed by atoms with Crippen molar-refractivity contribution in [1.29, 1.82) is 0 Å². The third-order valence-corrected chi connectivity index (χ3v) is 4.25. The fourth-order valence-electron chi connectivity index (χ4n) is 1.68. The third kappa shape index (κ3) is 2.81. The Balaban J connectivity index is 2.29. The minimum atomic E-state index is -1.22. The minimum absolute atomic E-state index is 0.120. The monoisotopic (exact) mass is 246 g/mol. The molecular formula is C14H14O2S. The van der Waals surface area contributed by atoms with Crippen LogP contribution in [-0.4, -0.2) is 15.9 Å². The summed E-state index contributed by atoms with van der Waals surface area (Å²) in [6.45, 7) is -0.120. The Hall–Kier alpha value is -1.45. The van der Waals surface area contributed by atoms with Crippen LogP contribution in [0.15, 0.2) is 65.6 Å². The minimum Gasteiger partial charge on any atom is -0.395 e. The van der Waals surface area contributed by atoms with E-state index < -0.39 is 10.8 Å². The topological polar surface area (TPSA) is 37.3 Å². The lowest BCUT2D eigenvalue weighted by Gasteiger charge is -2.14. The lowest BCUT2D eigenvalue weighted by Crippen LogP contribution is -2.11. The van der Waals surface area contributed by atoms with Crippen LogP contribution in [0.3, 0.4) is 0 Å². The van der Waals surface area contributed by atoms with Gasteiger partial charge in [0, 0.05) is 4.90 Å². The predicted octanol–water partition coefficient (Wildman–Crippen LogP) is 2.53. The molecule has 0 saturated carbocycles. The lowest BCUT2D eigenvalue weighted by atomic mass is 10.2. The molecule has 0 spiro atoms. The Bertz CT molecular complexity index is 482. The zero-order valence-corrected chi connectivity index (χ0v) is 10.1. The van der Waals surface area contributed by atoms with E-state index in [0.717, 1.165) is 10.5 Å². The molecule has 0 unspecified atom stereocenters. The van der Waals surface area contributed by atoms with Crippen LogP contribution in [0.2, 0.25) is 0 Å². The molecule has 17 heavy (non-hydrogen) atoms. The Kier molecular flexibility index (Phi) is 4.07. The van der Waals surface area contributed by atoms with Gasteiger partial charge in [0.25, 0.3) is 0 Å². The highest BCUT2D eigenvalue weighted by atomic mass is 32.2. The molecule has 0 aliphatic heterocycles. The van der Waals surface area contributed by atoms with Crippen LogP contribution in [-0.2, 0) is 10.8 Å². The van der Waals surface area contributed by atoms with Crippen LogP contribution in [0.25, 0.3) is 0 Å². The number of hydrogen-bond acceptors (Lipinski definition) is 2. The Morgan fingerprint density at radius 1 is 0.941 bits per heavy atom.